The van der Waals surface area contributed by atoms with E-state index in [1.165, 1.54) is 5.56 Å². The Hall–Kier alpha value is -1.79. The second-order valence-electron chi connectivity index (χ2n) is 6.88. The molecule has 1 atom stereocenters. The van der Waals surface area contributed by atoms with Gasteiger partial charge in [-0.15, -0.1) is 0 Å². The quantitative estimate of drug-likeness (QED) is 0.593. The van der Waals surface area contributed by atoms with Crippen molar-refractivity contribution in [1.82, 2.24) is 10.2 Å². The minimum atomic E-state index is 0.0139. The smallest absolute Gasteiger partial charge is 0.220 e. The molecule has 1 aliphatic heterocycles. The number of halogens is 2. The number of morpholine rings is 1. The van der Waals surface area contributed by atoms with Crippen LogP contribution in [-0.4, -0.2) is 50.3 Å². The Labute approximate surface area is 181 Å². The van der Waals surface area contributed by atoms with Crippen LogP contribution in [0.3, 0.4) is 0 Å². The molecule has 7 heteroatoms. The van der Waals surface area contributed by atoms with Crippen LogP contribution in [0.1, 0.15) is 24.4 Å². The lowest BCUT2D eigenvalue weighted by Gasteiger charge is -2.35. The van der Waals surface area contributed by atoms with Crippen molar-refractivity contribution in [3.8, 4) is 5.75 Å². The molecule has 0 aromatic heterocycles. The molecule has 1 amide bonds. The summed E-state index contributed by atoms with van der Waals surface area (Å²) in [5.74, 6) is 0.552. The third-order valence-corrected chi connectivity index (χ3v) is 5.69. The van der Waals surface area contributed by atoms with Gasteiger partial charge in [0.25, 0.3) is 0 Å². The molecule has 0 saturated carbocycles. The lowest BCUT2D eigenvalue weighted by Crippen LogP contribution is -2.43. The molecule has 0 radical (unpaired) electrons. The minimum Gasteiger partial charge on any atom is -0.492 e. The van der Waals surface area contributed by atoms with Gasteiger partial charge in [0.05, 0.1) is 30.9 Å². The molecule has 156 valence electrons. The zero-order valence-corrected chi connectivity index (χ0v) is 17.8. The van der Waals surface area contributed by atoms with Gasteiger partial charge < -0.3 is 14.8 Å². The van der Waals surface area contributed by atoms with Crippen molar-refractivity contribution in [2.45, 2.75) is 18.9 Å². The first-order chi connectivity index (χ1) is 14.1. The first-order valence-electron chi connectivity index (χ1n) is 9.85. The summed E-state index contributed by atoms with van der Waals surface area (Å²) in [7, 11) is 0. The summed E-state index contributed by atoms with van der Waals surface area (Å²) in [6.45, 7) is 4.15. The average Bonchev–Trinajstić information content (AvgIpc) is 2.76. The highest BCUT2D eigenvalue weighted by Crippen LogP contribution is 2.31. The van der Waals surface area contributed by atoms with Crippen molar-refractivity contribution in [1.29, 1.82) is 0 Å². The highest BCUT2D eigenvalue weighted by Gasteiger charge is 2.23. The normalized spacial score (nSPS) is 15.7. The van der Waals surface area contributed by atoms with Gasteiger partial charge in [0.1, 0.15) is 10.8 Å². The van der Waals surface area contributed by atoms with Crippen molar-refractivity contribution in [2.24, 2.45) is 0 Å². The van der Waals surface area contributed by atoms with E-state index in [0.717, 1.165) is 26.3 Å². The van der Waals surface area contributed by atoms with Crippen molar-refractivity contribution in [3.63, 3.8) is 0 Å². The van der Waals surface area contributed by atoms with E-state index in [-0.39, 0.29) is 11.9 Å². The van der Waals surface area contributed by atoms with Gasteiger partial charge in [-0.3, -0.25) is 9.69 Å². The Morgan fingerprint density at radius 2 is 1.86 bits per heavy atom. The van der Waals surface area contributed by atoms with E-state index in [0.29, 0.717) is 41.8 Å². The summed E-state index contributed by atoms with van der Waals surface area (Å²) in [4.78, 5) is 14.7. The zero-order valence-electron chi connectivity index (χ0n) is 16.3. The monoisotopic (exact) mass is 436 g/mol. The number of nitrogens with one attached hydrogen (secondary N) is 1. The molecule has 2 aromatic carbocycles. The summed E-state index contributed by atoms with van der Waals surface area (Å²) < 4.78 is 11.1. The molecular weight excluding hydrogens is 411 g/mol. The van der Waals surface area contributed by atoms with Gasteiger partial charge in [-0.05, 0) is 24.1 Å². The number of benzene rings is 2. The number of nitrogens with zero attached hydrogens (tertiary/aromatic N) is 1. The molecule has 2 aromatic rings. The highest BCUT2D eigenvalue weighted by atomic mass is 35.5. The largest absolute Gasteiger partial charge is 0.492 e. The number of rotatable bonds is 9. The Kier molecular flexibility index (Phi) is 8.62. The molecule has 1 heterocycles. The van der Waals surface area contributed by atoms with Gasteiger partial charge in [0, 0.05) is 26.1 Å². The summed E-state index contributed by atoms with van der Waals surface area (Å²) in [6, 6.07) is 15.7. The third-order valence-electron chi connectivity index (χ3n) is 4.89. The number of amides is 1. The van der Waals surface area contributed by atoms with Gasteiger partial charge in [-0.25, -0.2) is 0 Å². The third kappa shape index (κ3) is 6.61. The van der Waals surface area contributed by atoms with E-state index in [1.54, 1.807) is 18.2 Å². The summed E-state index contributed by atoms with van der Waals surface area (Å²) in [5.41, 5.74) is 1.20. The fourth-order valence-electron chi connectivity index (χ4n) is 3.33. The summed E-state index contributed by atoms with van der Waals surface area (Å²) in [5, 5.41) is 3.93. The summed E-state index contributed by atoms with van der Waals surface area (Å²) >= 11 is 12.1. The van der Waals surface area contributed by atoms with Crippen LogP contribution >= 0.6 is 23.2 Å². The fourth-order valence-corrected chi connectivity index (χ4v) is 3.68. The molecule has 1 aliphatic rings. The van der Waals surface area contributed by atoms with Gasteiger partial charge >= 0.3 is 0 Å². The molecule has 0 bridgehead atoms. The average molecular weight is 437 g/mol. The molecule has 1 unspecified atom stereocenters. The summed E-state index contributed by atoms with van der Waals surface area (Å²) in [6.07, 6.45) is 0.991. The van der Waals surface area contributed by atoms with Gasteiger partial charge in [0.2, 0.25) is 5.91 Å². The number of carbonyl (C=O) groups is 1. The van der Waals surface area contributed by atoms with Gasteiger partial charge in [0.15, 0.2) is 0 Å². The van der Waals surface area contributed by atoms with Crippen molar-refractivity contribution in [2.75, 3.05) is 39.5 Å². The molecule has 29 heavy (non-hydrogen) atoms. The second-order valence-corrected chi connectivity index (χ2v) is 7.67. The maximum absolute atomic E-state index is 12.3. The molecule has 1 N–H and O–H groups in total. The van der Waals surface area contributed by atoms with Crippen LogP contribution in [0.5, 0.6) is 5.75 Å². The second kappa shape index (κ2) is 11.4. The van der Waals surface area contributed by atoms with Crippen LogP contribution in [-0.2, 0) is 9.53 Å². The van der Waals surface area contributed by atoms with Crippen LogP contribution in [0.25, 0.3) is 0 Å². The molecule has 3 rings (SSSR count). The van der Waals surface area contributed by atoms with E-state index in [4.69, 9.17) is 32.7 Å². The van der Waals surface area contributed by atoms with E-state index >= 15 is 0 Å². The van der Waals surface area contributed by atoms with Gasteiger partial charge in [-0.1, -0.05) is 59.6 Å². The zero-order chi connectivity index (χ0) is 20.5. The Morgan fingerprint density at radius 1 is 1.10 bits per heavy atom. The molecule has 0 spiro atoms. The predicted molar refractivity (Wildman–Crippen MR) is 116 cm³/mol. The van der Waals surface area contributed by atoms with E-state index < -0.39 is 0 Å². The molecule has 5 nitrogen and oxygen atoms in total. The number of ether oxygens (including phenoxy) is 2. The molecule has 1 saturated heterocycles. The van der Waals surface area contributed by atoms with E-state index in [9.17, 15) is 4.79 Å². The number of hydrogen-bond acceptors (Lipinski definition) is 4. The Balaban J connectivity index is 1.45. The number of carbonyl (C=O) groups excluding carboxylic acids is 1. The SMILES string of the molecule is O=C(CCCOc1cccc(Cl)c1Cl)NCC(c1ccccc1)N1CCOCC1. The first-order valence-corrected chi connectivity index (χ1v) is 10.6. The Bertz CT molecular complexity index is 783. The van der Waals surface area contributed by atoms with Crippen LogP contribution in [0.15, 0.2) is 48.5 Å². The van der Waals surface area contributed by atoms with Crippen LogP contribution in [0, 0.1) is 0 Å². The van der Waals surface area contributed by atoms with Crippen molar-refractivity contribution in [3.05, 3.63) is 64.1 Å². The van der Waals surface area contributed by atoms with Crippen LogP contribution in [0.2, 0.25) is 10.0 Å². The van der Waals surface area contributed by atoms with Crippen molar-refractivity contribution >= 4 is 29.1 Å². The Morgan fingerprint density at radius 3 is 2.62 bits per heavy atom. The van der Waals surface area contributed by atoms with Crippen LogP contribution < -0.4 is 10.1 Å². The first kappa shape index (κ1) is 21.9. The number of hydrogen-bond donors (Lipinski definition) is 1. The topological polar surface area (TPSA) is 50.8 Å². The standard InChI is InChI=1S/C22H26Cl2N2O3/c23-18-8-4-9-20(22(18)24)29-13-5-10-21(27)25-16-19(17-6-2-1-3-7-17)26-11-14-28-15-12-26/h1-4,6-9,19H,5,10-16H2,(H,25,27). The van der Waals surface area contributed by atoms with Crippen LogP contribution in [0.4, 0.5) is 0 Å². The fraction of sp³-hybridized carbons (Fsp3) is 0.409. The van der Waals surface area contributed by atoms with E-state index in [1.807, 2.05) is 18.2 Å². The molecule has 0 aliphatic carbocycles. The molecule has 1 fully saturated rings. The predicted octanol–water partition coefficient (Wildman–Crippen LogP) is 4.34. The maximum atomic E-state index is 12.3. The highest BCUT2D eigenvalue weighted by molar-refractivity contribution is 6.42. The lowest BCUT2D eigenvalue weighted by atomic mass is 10.0. The molecular formula is C22H26Cl2N2O3. The lowest BCUT2D eigenvalue weighted by molar-refractivity contribution is -0.121. The minimum absolute atomic E-state index is 0.0139. The maximum Gasteiger partial charge on any atom is 0.220 e. The van der Waals surface area contributed by atoms with Crippen molar-refractivity contribution < 1.29 is 14.3 Å². The van der Waals surface area contributed by atoms with E-state index in [2.05, 4.69) is 22.3 Å². The van der Waals surface area contributed by atoms with Gasteiger partial charge in [-0.2, -0.15) is 0 Å².